The number of anilines is 1. The van der Waals surface area contributed by atoms with E-state index >= 15 is 0 Å². The van der Waals surface area contributed by atoms with Crippen molar-refractivity contribution in [2.45, 2.75) is 0 Å². The van der Waals surface area contributed by atoms with Crippen molar-refractivity contribution in [2.75, 3.05) is 11.9 Å². The van der Waals surface area contributed by atoms with Gasteiger partial charge in [-0.05, 0) is 34.7 Å². The second-order valence-corrected chi connectivity index (χ2v) is 3.48. The van der Waals surface area contributed by atoms with Gasteiger partial charge >= 0.3 is 0 Å². The molecule has 1 rings (SSSR count). The summed E-state index contributed by atoms with van der Waals surface area (Å²) >= 11 is 2.10. The summed E-state index contributed by atoms with van der Waals surface area (Å²) in [5.74, 6) is -0.390. The van der Waals surface area contributed by atoms with Gasteiger partial charge in [-0.1, -0.05) is 17.3 Å². The van der Waals surface area contributed by atoms with Gasteiger partial charge in [0.05, 0.1) is 5.69 Å². The molecule has 0 spiro atoms. The maximum absolute atomic E-state index is 11.0. The normalized spacial score (nSPS) is 9.31. The average molecular weight is 290 g/mol. The van der Waals surface area contributed by atoms with Gasteiger partial charge in [-0.25, -0.2) is 0 Å². The van der Waals surface area contributed by atoms with E-state index in [0.717, 1.165) is 3.57 Å². The van der Waals surface area contributed by atoms with Crippen LogP contribution in [0.1, 0.15) is 0 Å². The highest BCUT2D eigenvalue weighted by Crippen LogP contribution is 2.16. The van der Waals surface area contributed by atoms with Crippen LogP contribution < -0.4 is 5.32 Å². The SMILES string of the molecule is O=NCC(=O)Nc1ccccc1I. The molecule has 5 heteroatoms. The van der Waals surface area contributed by atoms with Crippen LogP contribution in [0, 0.1) is 8.48 Å². The van der Waals surface area contributed by atoms with Crippen LogP contribution in [-0.4, -0.2) is 12.5 Å². The first-order valence-corrected chi connectivity index (χ1v) is 4.65. The van der Waals surface area contributed by atoms with Gasteiger partial charge in [-0.15, -0.1) is 0 Å². The van der Waals surface area contributed by atoms with Crippen molar-refractivity contribution < 1.29 is 4.79 Å². The number of nitrogens with zero attached hydrogens (tertiary/aromatic N) is 1. The zero-order chi connectivity index (χ0) is 9.68. The van der Waals surface area contributed by atoms with Crippen molar-refractivity contribution in [2.24, 2.45) is 5.18 Å². The van der Waals surface area contributed by atoms with E-state index < -0.39 is 0 Å². The van der Waals surface area contributed by atoms with E-state index in [2.05, 4.69) is 33.1 Å². The number of nitrogens with one attached hydrogen (secondary N) is 1. The maximum atomic E-state index is 11.0. The predicted octanol–water partition coefficient (Wildman–Crippen LogP) is 2.00. The fourth-order valence-corrected chi connectivity index (χ4v) is 1.33. The van der Waals surface area contributed by atoms with Gasteiger partial charge in [0.15, 0.2) is 6.54 Å². The molecule has 4 nitrogen and oxygen atoms in total. The molecule has 0 bridgehead atoms. The largest absolute Gasteiger partial charge is 0.323 e. The molecule has 0 aliphatic heterocycles. The van der Waals surface area contributed by atoms with Crippen LogP contribution in [0.15, 0.2) is 29.4 Å². The summed E-state index contributed by atoms with van der Waals surface area (Å²) in [6, 6.07) is 7.32. The fourth-order valence-electron chi connectivity index (χ4n) is 0.811. The number of amides is 1. The molecule has 0 heterocycles. The lowest BCUT2D eigenvalue weighted by Crippen LogP contribution is -2.14. The third-order valence-electron chi connectivity index (χ3n) is 1.36. The van der Waals surface area contributed by atoms with E-state index in [0.29, 0.717) is 5.69 Å². The first kappa shape index (κ1) is 10.1. The quantitative estimate of drug-likeness (QED) is 0.683. The Balaban J connectivity index is 2.68. The van der Waals surface area contributed by atoms with Crippen LogP contribution in [0.4, 0.5) is 5.69 Å². The molecule has 1 aromatic rings. The van der Waals surface area contributed by atoms with Crippen LogP contribution in [-0.2, 0) is 4.79 Å². The smallest absolute Gasteiger partial charge is 0.249 e. The van der Waals surface area contributed by atoms with Crippen LogP contribution in [0.2, 0.25) is 0 Å². The lowest BCUT2D eigenvalue weighted by Gasteiger charge is -2.03. The molecule has 1 aromatic carbocycles. The molecule has 0 saturated carbocycles. The lowest BCUT2D eigenvalue weighted by atomic mass is 10.3. The molecule has 13 heavy (non-hydrogen) atoms. The number of nitroso groups, excluding NO2 is 1. The third kappa shape index (κ3) is 3.10. The highest BCUT2D eigenvalue weighted by atomic mass is 127. The first-order chi connectivity index (χ1) is 6.24. The molecule has 1 amide bonds. The zero-order valence-electron chi connectivity index (χ0n) is 6.66. The van der Waals surface area contributed by atoms with E-state index in [1.807, 2.05) is 18.2 Å². The number of halogens is 1. The minimum Gasteiger partial charge on any atom is -0.323 e. The van der Waals surface area contributed by atoms with Crippen molar-refractivity contribution in [3.8, 4) is 0 Å². The molecule has 68 valence electrons. The Morgan fingerprint density at radius 3 is 2.77 bits per heavy atom. The molecule has 0 saturated heterocycles. The Hall–Kier alpha value is -0.980. The van der Waals surface area contributed by atoms with Crippen molar-refractivity contribution in [1.29, 1.82) is 0 Å². The van der Waals surface area contributed by atoms with E-state index in [9.17, 15) is 9.70 Å². The maximum Gasteiger partial charge on any atom is 0.249 e. The number of benzene rings is 1. The van der Waals surface area contributed by atoms with E-state index in [1.54, 1.807) is 6.07 Å². The highest BCUT2D eigenvalue weighted by Gasteiger charge is 2.03. The molecule has 0 atom stereocenters. The van der Waals surface area contributed by atoms with E-state index in [-0.39, 0.29) is 12.5 Å². The monoisotopic (exact) mass is 290 g/mol. The van der Waals surface area contributed by atoms with Crippen LogP contribution in [0.5, 0.6) is 0 Å². The topological polar surface area (TPSA) is 58.5 Å². The summed E-state index contributed by atoms with van der Waals surface area (Å²) < 4.78 is 0.930. The molecule has 0 aliphatic carbocycles. The van der Waals surface area contributed by atoms with Gasteiger partial charge in [-0.2, -0.15) is 4.91 Å². The molecule has 0 fully saturated rings. The summed E-state index contributed by atoms with van der Waals surface area (Å²) in [5.41, 5.74) is 0.705. The summed E-state index contributed by atoms with van der Waals surface area (Å²) in [6.45, 7) is -0.342. The number of hydrogen-bond acceptors (Lipinski definition) is 3. The molecule has 0 aliphatic rings. The van der Waals surface area contributed by atoms with E-state index in [4.69, 9.17) is 0 Å². The summed E-state index contributed by atoms with van der Waals surface area (Å²) in [5, 5.41) is 5.07. The first-order valence-electron chi connectivity index (χ1n) is 3.57. The van der Waals surface area contributed by atoms with Gasteiger partial charge in [-0.3, -0.25) is 4.79 Å². The Morgan fingerprint density at radius 1 is 1.46 bits per heavy atom. The second kappa shape index (κ2) is 4.90. The average Bonchev–Trinajstić information content (AvgIpc) is 2.09. The fraction of sp³-hybridized carbons (Fsp3) is 0.125. The molecule has 1 N–H and O–H groups in total. The van der Waals surface area contributed by atoms with Crippen LogP contribution in [0.25, 0.3) is 0 Å². The Kier molecular flexibility index (Phi) is 3.81. The zero-order valence-corrected chi connectivity index (χ0v) is 8.82. The van der Waals surface area contributed by atoms with Crippen molar-refractivity contribution in [1.82, 2.24) is 0 Å². The minimum atomic E-state index is -0.390. The molecular weight excluding hydrogens is 283 g/mol. The van der Waals surface area contributed by atoms with Gasteiger partial charge in [0.2, 0.25) is 5.91 Å². The summed E-state index contributed by atoms with van der Waals surface area (Å²) in [6.07, 6.45) is 0. The van der Waals surface area contributed by atoms with Crippen molar-refractivity contribution >= 4 is 34.2 Å². The van der Waals surface area contributed by atoms with Gasteiger partial charge in [0, 0.05) is 3.57 Å². The van der Waals surface area contributed by atoms with Gasteiger partial charge < -0.3 is 5.32 Å². The Morgan fingerprint density at radius 2 is 2.15 bits per heavy atom. The highest BCUT2D eigenvalue weighted by molar-refractivity contribution is 14.1. The molecular formula is C8H7IN2O2. The number of rotatable bonds is 3. The number of carbonyl (C=O) groups is 1. The minimum absolute atomic E-state index is 0.342. The lowest BCUT2D eigenvalue weighted by molar-refractivity contribution is -0.114. The van der Waals surface area contributed by atoms with Gasteiger partial charge in [0.25, 0.3) is 0 Å². The number of hydrogen-bond donors (Lipinski definition) is 1. The molecule has 0 aromatic heterocycles. The molecule has 0 unspecified atom stereocenters. The Labute approximate surface area is 88.8 Å². The summed E-state index contributed by atoms with van der Waals surface area (Å²) in [7, 11) is 0. The van der Waals surface area contributed by atoms with Crippen molar-refractivity contribution in [3.63, 3.8) is 0 Å². The second-order valence-electron chi connectivity index (χ2n) is 2.32. The summed E-state index contributed by atoms with van der Waals surface area (Å²) in [4.78, 5) is 20.7. The molecule has 0 radical (unpaired) electrons. The number of carbonyl (C=O) groups excluding carboxylic acids is 1. The van der Waals surface area contributed by atoms with Crippen LogP contribution in [0.3, 0.4) is 0 Å². The predicted molar refractivity (Wildman–Crippen MR) is 58.5 cm³/mol. The Bertz CT molecular complexity index is 328. The third-order valence-corrected chi connectivity index (χ3v) is 2.30. The van der Waals surface area contributed by atoms with Crippen LogP contribution >= 0.6 is 22.6 Å². The van der Waals surface area contributed by atoms with Gasteiger partial charge in [0.1, 0.15) is 0 Å². The number of para-hydroxylation sites is 1. The van der Waals surface area contributed by atoms with Crippen molar-refractivity contribution in [3.05, 3.63) is 32.7 Å². The van der Waals surface area contributed by atoms with E-state index in [1.165, 1.54) is 0 Å². The standard InChI is InChI=1S/C8H7IN2O2/c9-6-3-1-2-4-7(6)11-8(12)5-10-13/h1-4H,5H2,(H,11,12).